The standard InChI is InChI=1S/C13H13F3O2.C12H13F3O/c1-18-12(17)9-5-6-10(8-3-2-4-8)11(7-9)13(14,15)16;13-12(14,15)11-6-8(7-16)4-5-10(11)9-2-1-3-9/h5-8H,2-4H2,1H3;4-6,9,16H,1-3,7H2. The first-order valence-corrected chi connectivity index (χ1v) is 11.1. The lowest BCUT2D eigenvalue weighted by atomic mass is 9.78. The van der Waals surface area contributed by atoms with Crippen molar-refractivity contribution in [1.29, 1.82) is 0 Å². The van der Waals surface area contributed by atoms with Crippen molar-refractivity contribution in [3.05, 3.63) is 69.8 Å². The van der Waals surface area contributed by atoms with Crippen LogP contribution in [0.1, 0.15) is 88.5 Å². The number of alkyl halides is 6. The Hall–Kier alpha value is -2.55. The summed E-state index contributed by atoms with van der Waals surface area (Å²) < 4.78 is 81.7. The number of aliphatic hydroxyl groups is 1. The molecule has 1 N–H and O–H groups in total. The maximum Gasteiger partial charge on any atom is 0.416 e. The van der Waals surface area contributed by atoms with Crippen molar-refractivity contribution in [2.75, 3.05) is 7.11 Å². The van der Waals surface area contributed by atoms with Gasteiger partial charge in [-0.2, -0.15) is 26.3 Å². The van der Waals surface area contributed by atoms with Crippen LogP contribution < -0.4 is 0 Å². The minimum Gasteiger partial charge on any atom is -0.465 e. The van der Waals surface area contributed by atoms with E-state index in [1.165, 1.54) is 18.2 Å². The quantitative estimate of drug-likeness (QED) is 0.365. The second-order valence-electron chi connectivity index (χ2n) is 8.62. The lowest BCUT2D eigenvalue weighted by molar-refractivity contribution is -0.139. The summed E-state index contributed by atoms with van der Waals surface area (Å²) in [6.45, 7) is -0.353. The molecule has 2 aromatic rings. The molecule has 0 amide bonds. The number of methoxy groups -OCH3 is 1. The fourth-order valence-corrected chi connectivity index (χ4v) is 4.14. The van der Waals surface area contributed by atoms with Crippen LogP contribution in [0.15, 0.2) is 36.4 Å². The molecule has 0 spiro atoms. The molecule has 2 saturated carbocycles. The van der Waals surface area contributed by atoms with E-state index in [-0.39, 0.29) is 24.0 Å². The van der Waals surface area contributed by atoms with Crippen molar-refractivity contribution in [2.24, 2.45) is 0 Å². The number of halogens is 6. The van der Waals surface area contributed by atoms with Crippen molar-refractivity contribution in [3.63, 3.8) is 0 Å². The Morgan fingerprint density at radius 1 is 0.853 bits per heavy atom. The minimum atomic E-state index is -4.44. The molecule has 4 rings (SSSR count). The van der Waals surface area contributed by atoms with Gasteiger partial charge in [0, 0.05) is 0 Å². The summed E-state index contributed by atoms with van der Waals surface area (Å²) >= 11 is 0. The molecule has 2 fully saturated rings. The lowest BCUT2D eigenvalue weighted by Crippen LogP contribution is -2.17. The van der Waals surface area contributed by atoms with Gasteiger partial charge in [-0.15, -0.1) is 0 Å². The molecule has 34 heavy (non-hydrogen) atoms. The Labute approximate surface area is 193 Å². The summed E-state index contributed by atoms with van der Waals surface area (Å²) in [4.78, 5) is 11.3. The van der Waals surface area contributed by atoms with Crippen molar-refractivity contribution in [2.45, 2.75) is 69.3 Å². The van der Waals surface area contributed by atoms with Gasteiger partial charge in [0.2, 0.25) is 0 Å². The van der Waals surface area contributed by atoms with Gasteiger partial charge in [-0.25, -0.2) is 4.79 Å². The number of ether oxygens (including phenoxy) is 1. The van der Waals surface area contributed by atoms with Crippen molar-refractivity contribution >= 4 is 5.97 Å². The Morgan fingerprint density at radius 2 is 1.32 bits per heavy atom. The molecule has 0 aliphatic heterocycles. The van der Waals surface area contributed by atoms with E-state index in [1.807, 2.05) is 0 Å². The number of rotatable bonds is 4. The largest absolute Gasteiger partial charge is 0.465 e. The average Bonchev–Trinajstić information content (AvgIpc) is 2.70. The second kappa shape index (κ2) is 10.4. The smallest absolute Gasteiger partial charge is 0.416 e. The molecular formula is C25H26F6O3. The molecule has 0 aromatic heterocycles. The summed E-state index contributed by atoms with van der Waals surface area (Å²) in [6, 6.07) is 7.84. The minimum absolute atomic E-state index is 0.0340. The lowest BCUT2D eigenvalue weighted by Gasteiger charge is -2.28. The van der Waals surface area contributed by atoms with Gasteiger partial charge in [-0.1, -0.05) is 31.0 Å². The molecular weight excluding hydrogens is 462 g/mol. The number of esters is 1. The van der Waals surface area contributed by atoms with Gasteiger partial charge in [0.15, 0.2) is 0 Å². The fourth-order valence-electron chi connectivity index (χ4n) is 4.14. The van der Waals surface area contributed by atoms with Crippen LogP contribution in [0, 0.1) is 0 Å². The number of hydrogen-bond acceptors (Lipinski definition) is 3. The zero-order valence-electron chi connectivity index (χ0n) is 18.6. The number of hydrogen-bond donors (Lipinski definition) is 1. The molecule has 2 aliphatic carbocycles. The van der Waals surface area contributed by atoms with Gasteiger partial charge in [0.25, 0.3) is 0 Å². The molecule has 0 unspecified atom stereocenters. The molecule has 0 heterocycles. The van der Waals surface area contributed by atoms with Crippen LogP contribution in [-0.4, -0.2) is 18.2 Å². The maximum absolute atomic E-state index is 13.0. The maximum atomic E-state index is 13.0. The van der Waals surface area contributed by atoms with Crippen molar-refractivity contribution in [1.82, 2.24) is 0 Å². The van der Waals surface area contributed by atoms with Crippen LogP contribution in [0.2, 0.25) is 0 Å². The zero-order chi connectivity index (χ0) is 25.1. The summed E-state index contributed by atoms with van der Waals surface area (Å²) in [5.41, 5.74) is -0.362. The monoisotopic (exact) mass is 488 g/mol. The molecule has 2 aliphatic rings. The van der Waals surface area contributed by atoms with Gasteiger partial charge in [-0.05, 0) is 72.4 Å². The summed E-state index contributed by atoms with van der Waals surface area (Å²) in [6.07, 6.45) is -3.57. The molecule has 0 bridgehead atoms. The van der Waals surface area contributed by atoms with Gasteiger partial charge < -0.3 is 9.84 Å². The van der Waals surface area contributed by atoms with E-state index >= 15 is 0 Å². The van der Waals surface area contributed by atoms with Crippen LogP contribution in [0.3, 0.4) is 0 Å². The number of aliphatic hydroxyl groups excluding tert-OH is 1. The summed E-state index contributed by atoms with van der Waals surface area (Å²) in [5, 5.41) is 8.86. The van der Waals surface area contributed by atoms with Crippen LogP contribution in [-0.2, 0) is 23.7 Å². The third-order valence-electron chi connectivity index (χ3n) is 6.48. The normalized spacial score (nSPS) is 16.7. The first-order chi connectivity index (χ1) is 16.0. The van der Waals surface area contributed by atoms with Crippen LogP contribution in [0.25, 0.3) is 0 Å². The highest BCUT2D eigenvalue weighted by atomic mass is 19.4. The molecule has 3 nitrogen and oxygen atoms in total. The summed E-state index contributed by atoms with van der Waals surface area (Å²) in [7, 11) is 1.15. The number of carbonyl (C=O) groups excluding carboxylic acids is 1. The highest BCUT2D eigenvalue weighted by Crippen LogP contribution is 2.44. The van der Waals surface area contributed by atoms with E-state index < -0.39 is 29.4 Å². The Bertz CT molecular complexity index is 1000. The molecule has 0 radical (unpaired) electrons. The molecule has 0 atom stereocenters. The van der Waals surface area contributed by atoms with Crippen molar-refractivity contribution < 1.29 is 41.0 Å². The molecule has 0 saturated heterocycles. The third-order valence-corrected chi connectivity index (χ3v) is 6.48. The molecule has 186 valence electrons. The fraction of sp³-hybridized carbons (Fsp3) is 0.480. The van der Waals surface area contributed by atoms with Crippen LogP contribution >= 0.6 is 0 Å². The van der Waals surface area contributed by atoms with E-state index in [0.29, 0.717) is 16.7 Å². The third kappa shape index (κ3) is 5.92. The number of carbonyl (C=O) groups is 1. The van der Waals surface area contributed by atoms with E-state index in [9.17, 15) is 31.1 Å². The Morgan fingerprint density at radius 3 is 1.71 bits per heavy atom. The van der Waals surface area contributed by atoms with Crippen LogP contribution in [0.5, 0.6) is 0 Å². The average molecular weight is 488 g/mol. The van der Waals surface area contributed by atoms with E-state index in [0.717, 1.165) is 57.8 Å². The topological polar surface area (TPSA) is 46.5 Å². The predicted octanol–water partition coefficient (Wildman–Crippen LogP) is 7.22. The van der Waals surface area contributed by atoms with Gasteiger partial charge in [0.05, 0.1) is 30.4 Å². The van der Waals surface area contributed by atoms with E-state index in [2.05, 4.69) is 4.74 Å². The highest BCUT2D eigenvalue weighted by Gasteiger charge is 2.38. The molecule has 2 aromatic carbocycles. The predicted molar refractivity (Wildman–Crippen MR) is 113 cm³/mol. The van der Waals surface area contributed by atoms with Crippen LogP contribution in [0.4, 0.5) is 26.3 Å². The van der Waals surface area contributed by atoms with E-state index in [1.54, 1.807) is 6.07 Å². The second-order valence-corrected chi connectivity index (χ2v) is 8.62. The van der Waals surface area contributed by atoms with Gasteiger partial charge in [0.1, 0.15) is 0 Å². The van der Waals surface area contributed by atoms with E-state index in [4.69, 9.17) is 5.11 Å². The van der Waals surface area contributed by atoms with Gasteiger partial charge in [-0.3, -0.25) is 0 Å². The Kier molecular flexibility index (Phi) is 7.95. The highest BCUT2D eigenvalue weighted by molar-refractivity contribution is 5.89. The first-order valence-electron chi connectivity index (χ1n) is 11.1. The summed E-state index contributed by atoms with van der Waals surface area (Å²) in [5.74, 6) is -0.738. The zero-order valence-corrected chi connectivity index (χ0v) is 18.6. The molecule has 9 heteroatoms. The SMILES string of the molecule is COC(=O)c1ccc(C2CCC2)c(C(F)(F)F)c1.OCc1ccc(C2CCC2)c(C(F)(F)F)c1. The van der Waals surface area contributed by atoms with Gasteiger partial charge >= 0.3 is 18.3 Å². The number of benzene rings is 2. The first kappa shape index (κ1) is 26.1. The Balaban J connectivity index is 0.000000192. The van der Waals surface area contributed by atoms with Crippen molar-refractivity contribution in [3.8, 4) is 0 Å².